The van der Waals surface area contributed by atoms with Gasteiger partial charge in [0.25, 0.3) is 0 Å². The first kappa shape index (κ1) is 13.2. The van der Waals surface area contributed by atoms with E-state index in [9.17, 15) is 5.11 Å². The van der Waals surface area contributed by atoms with Gasteiger partial charge in [-0.2, -0.15) is 5.10 Å². The molecule has 0 saturated heterocycles. The van der Waals surface area contributed by atoms with E-state index in [1.165, 1.54) is 10.2 Å². The molecule has 0 amide bonds. The normalized spacial score (nSPS) is 10.6. The van der Waals surface area contributed by atoms with Crippen LogP contribution in [0.3, 0.4) is 0 Å². The van der Waals surface area contributed by atoms with Crippen molar-refractivity contribution in [1.29, 1.82) is 0 Å². The molecule has 2 aromatic carbocycles. The number of nitrogens with zero attached hydrogens (tertiary/aromatic N) is 2. The largest absolute Gasteiger partial charge is 0.497 e. The molecule has 1 heterocycles. The third-order valence-electron chi connectivity index (χ3n) is 3.35. The molecule has 3 aromatic rings. The molecule has 3 rings (SSSR count). The van der Waals surface area contributed by atoms with Gasteiger partial charge in [0, 0.05) is 11.6 Å². The number of aromatic nitrogens is 2. The molecule has 0 unspecified atom stereocenters. The quantitative estimate of drug-likeness (QED) is 0.798. The van der Waals surface area contributed by atoms with Crippen LogP contribution < -0.4 is 4.74 Å². The molecule has 0 atom stereocenters. The van der Waals surface area contributed by atoms with Crippen LogP contribution in [0.25, 0.3) is 16.9 Å². The molecular weight excluding hydrogens is 264 g/mol. The Balaban J connectivity index is 1.98. The maximum absolute atomic E-state index is 10.1. The van der Waals surface area contributed by atoms with Gasteiger partial charge in [0.05, 0.1) is 18.5 Å². The molecule has 4 nitrogen and oxygen atoms in total. The lowest BCUT2D eigenvalue weighted by molar-refractivity contribution is 0.415. The van der Waals surface area contributed by atoms with Crippen LogP contribution in [0.4, 0.5) is 0 Å². The molecule has 21 heavy (non-hydrogen) atoms. The zero-order valence-electron chi connectivity index (χ0n) is 11.9. The molecule has 4 heteroatoms. The van der Waals surface area contributed by atoms with Gasteiger partial charge < -0.3 is 9.84 Å². The van der Waals surface area contributed by atoms with Crippen LogP contribution in [0.1, 0.15) is 5.56 Å². The molecule has 0 radical (unpaired) electrons. The second-order valence-electron chi connectivity index (χ2n) is 4.86. The number of aryl methyl sites for hydroxylation is 1. The summed E-state index contributed by atoms with van der Waals surface area (Å²) in [5, 5.41) is 14.6. The van der Waals surface area contributed by atoms with Crippen molar-refractivity contribution in [2.75, 3.05) is 7.11 Å². The van der Waals surface area contributed by atoms with Crippen molar-refractivity contribution < 1.29 is 9.84 Å². The lowest BCUT2D eigenvalue weighted by Crippen LogP contribution is -1.96. The number of aromatic hydroxyl groups is 1. The Morgan fingerprint density at radius 2 is 1.67 bits per heavy atom. The predicted molar refractivity (Wildman–Crippen MR) is 82.0 cm³/mol. The summed E-state index contributed by atoms with van der Waals surface area (Å²) in [5.74, 6) is 0.908. The van der Waals surface area contributed by atoms with E-state index in [0.29, 0.717) is 0 Å². The van der Waals surface area contributed by atoms with Crippen molar-refractivity contribution in [3.63, 3.8) is 0 Å². The summed E-state index contributed by atoms with van der Waals surface area (Å²) in [6.45, 7) is 2.02. The summed E-state index contributed by atoms with van der Waals surface area (Å²) in [7, 11) is 1.63. The highest BCUT2D eigenvalue weighted by atomic mass is 16.5. The highest BCUT2D eigenvalue weighted by molar-refractivity contribution is 5.62. The summed E-state index contributed by atoms with van der Waals surface area (Å²) in [6.07, 6.45) is 0. The minimum absolute atomic E-state index is 0.115. The number of rotatable bonds is 3. The SMILES string of the molecule is COc1ccc(-c2cc(O)n(-c3ccc(C)cc3)n2)cc1. The summed E-state index contributed by atoms with van der Waals surface area (Å²) < 4.78 is 6.67. The third-order valence-corrected chi connectivity index (χ3v) is 3.35. The Bertz CT molecular complexity index is 743. The van der Waals surface area contributed by atoms with Gasteiger partial charge in [-0.25, -0.2) is 4.68 Å². The summed E-state index contributed by atoms with van der Waals surface area (Å²) in [6, 6.07) is 17.1. The lowest BCUT2D eigenvalue weighted by atomic mass is 10.1. The molecule has 0 aliphatic heterocycles. The minimum atomic E-state index is 0.115. The van der Waals surface area contributed by atoms with E-state index < -0.39 is 0 Å². The molecule has 0 saturated carbocycles. The van der Waals surface area contributed by atoms with E-state index in [4.69, 9.17) is 4.74 Å². The molecule has 0 spiro atoms. The Morgan fingerprint density at radius 3 is 2.29 bits per heavy atom. The maximum Gasteiger partial charge on any atom is 0.214 e. The summed E-state index contributed by atoms with van der Waals surface area (Å²) in [4.78, 5) is 0. The number of hydrogen-bond acceptors (Lipinski definition) is 3. The predicted octanol–water partition coefficient (Wildman–Crippen LogP) is 3.56. The van der Waals surface area contributed by atoms with E-state index in [-0.39, 0.29) is 5.88 Å². The Labute approximate surface area is 123 Å². The van der Waals surface area contributed by atoms with Gasteiger partial charge in [-0.15, -0.1) is 0 Å². The molecule has 0 fully saturated rings. The first-order chi connectivity index (χ1) is 10.2. The third kappa shape index (κ3) is 2.60. The molecule has 106 valence electrons. The second kappa shape index (κ2) is 5.32. The standard InChI is InChI=1S/C17H16N2O2/c1-12-3-7-14(8-4-12)19-17(20)11-16(18-19)13-5-9-15(21-2)10-6-13/h3-11,20H,1-2H3. The van der Waals surface area contributed by atoms with E-state index in [1.807, 2.05) is 55.5 Å². The highest BCUT2D eigenvalue weighted by Crippen LogP contribution is 2.26. The van der Waals surface area contributed by atoms with Crippen LogP contribution in [-0.4, -0.2) is 22.0 Å². The Morgan fingerprint density at radius 1 is 1.00 bits per heavy atom. The average Bonchev–Trinajstić information content (AvgIpc) is 2.90. The monoisotopic (exact) mass is 280 g/mol. The smallest absolute Gasteiger partial charge is 0.214 e. The molecule has 0 aliphatic carbocycles. The van der Waals surface area contributed by atoms with Crippen molar-refractivity contribution in [2.45, 2.75) is 6.92 Å². The second-order valence-corrected chi connectivity index (χ2v) is 4.86. The number of ether oxygens (including phenoxy) is 1. The van der Waals surface area contributed by atoms with Crippen molar-refractivity contribution in [1.82, 2.24) is 9.78 Å². The van der Waals surface area contributed by atoms with Crippen LogP contribution in [0.2, 0.25) is 0 Å². The van der Waals surface area contributed by atoms with Crippen molar-refractivity contribution in [3.05, 3.63) is 60.2 Å². The Kier molecular flexibility index (Phi) is 3.36. The van der Waals surface area contributed by atoms with Crippen LogP contribution in [0.5, 0.6) is 11.6 Å². The summed E-state index contributed by atoms with van der Waals surface area (Å²) >= 11 is 0. The van der Waals surface area contributed by atoms with Crippen LogP contribution in [-0.2, 0) is 0 Å². The van der Waals surface area contributed by atoms with Gasteiger partial charge >= 0.3 is 0 Å². The fourth-order valence-electron chi connectivity index (χ4n) is 2.15. The van der Waals surface area contributed by atoms with Crippen molar-refractivity contribution in [3.8, 4) is 28.6 Å². The zero-order valence-corrected chi connectivity index (χ0v) is 11.9. The van der Waals surface area contributed by atoms with E-state index in [0.717, 1.165) is 22.7 Å². The Hall–Kier alpha value is -2.75. The van der Waals surface area contributed by atoms with Gasteiger partial charge in [-0.05, 0) is 43.3 Å². The average molecular weight is 280 g/mol. The fraction of sp³-hybridized carbons (Fsp3) is 0.118. The number of hydrogen-bond donors (Lipinski definition) is 1. The lowest BCUT2D eigenvalue weighted by Gasteiger charge is -2.03. The van der Waals surface area contributed by atoms with E-state index >= 15 is 0 Å². The minimum Gasteiger partial charge on any atom is -0.497 e. The molecule has 0 aliphatic rings. The van der Waals surface area contributed by atoms with E-state index in [1.54, 1.807) is 13.2 Å². The van der Waals surface area contributed by atoms with Crippen LogP contribution >= 0.6 is 0 Å². The van der Waals surface area contributed by atoms with Gasteiger partial charge in [-0.3, -0.25) is 0 Å². The maximum atomic E-state index is 10.1. The van der Waals surface area contributed by atoms with Crippen molar-refractivity contribution >= 4 is 0 Å². The molecule has 1 aromatic heterocycles. The molecular formula is C17H16N2O2. The van der Waals surface area contributed by atoms with Gasteiger partial charge in [0.15, 0.2) is 0 Å². The van der Waals surface area contributed by atoms with Gasteiger partial charge in [0.1, 0.15) is 5.75 Å². The van der Waals surface area contributed by atoms with E-state index in [2.05, 4.69) is 5.10 Å². The number of methoxy groups -OCH3 is 1. The molecule has 0 bridgehead atoms. The summed E-state index contributed by atoms with van der Waals surface area (Å²) in [5.41, 5.74) is 3.64. The highest BCUT2D eigenvalue weighted by Gasteiger charge is 2.10. The zero-order chi connectivity index (χ0) is 14.8. The first-order valence-corrected chi connectivity index (χ1v) is 6.68. The van der Waals surface area contributed by atoms with Gasteiger partial charge in [-0.1, -0.05) is 17.7 Å². The molecule has 1 N–H and O–H groups in total. The van der Waals surface area contributed by atoms with Gasteiger partial charge in [0.2, 0.25) is 5.88 Å². The van der Waals surface area contributed by atoms with Crippen LogP contribution in [0, 0.1) is 6.92 Å². The topological polar surface area (TPSA) is 47.3 Å². The fourth-order valence-corrected chi connectivity index (χ4v) is 2.15. The van der Waals surface area contributed by atoms with Crippen molar-refractivity contribution in [2.24, 2.45) is 0 Å². The number of benzene rings is 2. The van der Waals surface area contributed by atoms with Crippen LogP contribution in [0.15, 0.2) is 54.6 Å². The first-order valence-electron chi connectivity index (χ1n) is 6.68.